The van der Waals surface area contributed by atoms with Gasteiger partial charge < -0.3 is 0 Å². The normalized spacial score (nSPS) is 12.3. The number of pyridine rings is 1. The molecule has 0 fully saturated rings. The maximum atomic E-state index is 11.5. The Balaban J connectivity index is 2.46. The van der Waals surface area contributed by atoms with Crippen molar-refractivity contribution < 1.29 is 14.4 Å². The Morgan fingerprint density at radius 1 is 1.07 bits per heavy atom. The number of benzene rings is 1. The van der Waals surface area contributed by atoms with E-state index in [4.69, 9.17) is 0 Å². The lowest BCUT2D eigenvalue weighted by atomic mass is 10.1. The van der Waals surface area contributed by atoms with E-state index in [1.165, 1.54) is 18.2 Å². The monoisotopic (exact) mass is 366 g/mol. The molecule has 2 rings (SSSR count). The van der Waals surface area contributed by atoms with Crippen LogP contribution in [0.25, 0.3) is 5.70 Å². The van der Waals surface area contributed by atoms with Gasteiger partial charge in [-0.1, -0.05) is 37.3 Å². The van der Waals surface area contributed by atoms with Crippen molar-refractivity contribution >= 4 is 5.70 Å². The van der Waals surface area contributed by atoms with E-state index in [0.29, 0.717) is 12.8 Å². The molecule has 7 heteroatoms. The van der Waals surface area contributed by atoms with Crippen LogP contribution < -0.4 is 4.57 Å². The number of aromatic nitrogens is 1. The molecule has 0 saturated carbocycles. The Morgan fingerprint density at radius 3 is 2.41 bits per heavy atom. The molecule has 0 saturated heterocycles. The Hall–Kier alpha value is -3.61. The van der Waals surface area contributed by atoms with E-state index in [2.05, 4.69) is 0 Å². The van der Waals surface area contributed by atoms with Gasteiger partial charge in [0.05, 0.1) is 9.85 Å². The number of rotatable bonds is 8. The summed E-state index contributed by atoms with van der Waals surface area (Å²) in [6.07, 6.45) is 9.43. The van der Waals surface area contributed by atoms with Crippen molar-refractivity contribution in [3.63, 3.8) is 0 Å². The van der Waals surface area contributed by atoms with Gasteiger partial charge in [-0.3, -0.25) is 20.2 Å². The topological polar surface area (TPSA) is 90.2 Å². The lowest BCUT2D eigenvalue weighted by Crippen LogP contribution is -2.34. The van der Waals surface area contributed by atoms with Gasteiger partial charge in [0.25, 0.3) is 5.70 Å². The number of hydrogen-bond acceptors (Lipinski definition) is 4. The average molecular weight is 366 g/mol. The van der Waals surface area contributed by atoms with E-state index in [0.717, 1.165) is 17.3 Å². The molecule has 0 aliphatic heterocycles. The van der Waals surface area contributed by atoms with Crippen LogP contribution in [0.15, 0.2) is 85.0 Å². The number of allylic oxidation sites excluding steroid dienone is 4. The molecule has 0 aliphatic carbocycles. The van der Waals surface area contributed by atoms with Gasteiger partial charge in [0.1, 0.15) is 0 Å². The third-order valence-electron chi connectivity index (χ3n) is 3.71. The highest BCUT2D eigenvalue weighted by Crippen LogP contribution is 2.14. The highest BCUT2D eigenvalue weighted by atomic mass is 16.6. The fraction of sp³-hybridized carbons (Fsp3) is 0.150. The molecule has 0 unspecified atom stereocenters. The standard InChI is InChI=1S/C20H20N3O4/c1-2-8-20(23(26)27)19(12-7-14-22(24)25)21-13-6-11-18(16-21)15-17-9-4-3-5-10-17/h3-14,16H,2,15H2,1H3/q+1/b14-7+,19-12+,20-8+. The second kappa shape index (κ2) is 9.76. The second-order valence-corrected chi connectivity index (χ2v) is 5.72. The summed E-state index contributed by atoms with van der Waals surface area (Å²) in [5.74, 6) is 0. The molecule has 0 N–H and O–H groups in total. The second-order valence-electron chi connectivity index (χ2n) is 5.72. The zero-order chi connectivity index (χ0) is 19.6. The molecule has 138 valence electrons. The van der Waals surface area contributed by atoms with E-state index in [1.54, 1.807) is 30.0 Å². The number of nitrogens with zero attached hydrogens (tertiary/aromatic N) is 3. The molecular weight excluding hydrogens is 346 g/mol. The third kappa shape index (κ3) is 6.00. The predicted octanol–water partition coefficient (Wildman–Crippen LogP) is 3.77. The Labute approximate surface area is 156 Å². The molecule has 1 aromatic carbocycles. The van der Waals surface area contributed by atoms with Crippen LogP contribution in [0.1, 0.15) is 24.5 Å². The van der Waals surface area contributed by atoms with E-state index in [1.807, 2.05) is 36.4 Å². The van der Waals surface area contributed by atoms with Crippen LogP contribution >= 0.6 is 0 Å². The molecule has 0 bridgehead atoms. The lowest BCUT2D eigenvalue weighted by molar-refractivity contribution is -0.591. The molecule has 0 atom stereocenters. The molecule has 0 radical (unpaired) electrons. The Bertz CT molecular complexity index is 902. The molecule has 0 amide bonds. The summed E-state index contributed by atoms with van der Waals surface area (Å²) in [5.41, 5.74) is 2.24. The van der Waals surface area contributed by atoms with Gasteiger partial charge in [-0.25, -0.2) is 0 Å². The highest BCUT2D eigenvalue weighted by Gasteiger charge is 2.26. The summed E-state index contributed by atoms with van der Waals surface area (Å²) >= 11 is 0. The van der Waals surface area contributed by atoms with E-state index in [-0.39, 0.29) is 11.4 Å². The summed E-state index contributed by atoms with van der Waals surface area (Å²) in [7, 11) is 0. The SMILES string of the molecule is CC\C=C(/C(=C\C=C\[N+](=O)[O-])[n+]1cccc(Cc2ccccc2)c1)[N+](=O)[O-]. The minimum Gasteiger partial charge on any atom is -0.259 e. The molecule has 27 heavy (non-hydrogen) atoms. The maximum absolute atomic E-state index is 11.5. The van der Waals surface area contributed by atoms with Gasteiger partial charge in [0.2, 0.25) is 6.20 Å². The van der Waals surface area contributed by atoms with Crippen molar-refractivity contribution in [3.8, 4) is 0 Å². The molecule has 1 aromatic heterocycles. The summed E-state index contributed by atoms with van der Waals surface area (Å²) in [6.45, 7) is 1.80. The number of nitro groups is 2. The fourth-order valence-corrected chi connectivity index (χ4v) is 2.58. The average Bonchev–Trinajstić information content (AvgIpc) is 2.64. The fourth-order valence-electron chi connectivity index (χ4n) is 2.58. The Morgan fingerprint density at radius 2 is 1.78 bits per heavy atom. The molecule has 0 spiro atoms. The predicted molar refractivity (Wildman–Crippen MR) is 102 cm³/mol. The number of hydrogen-bond donors (Lipinski definition) is 0. The zero-order valence-corrected chi connectivity index (χ0v) is 14.9. The van der Waals surface area contributed by atoms with Crippen LogP contribution in [-0.4, -0.2) is 9.85 Å². The van der Waals surface area contributed by atoms with Crippen LogP contribution in [0.5, 0.6) is 0 Å². The van der Waals surface area contributed by atoms with Gasteiger partial charge in [-0.2, -0.15) is 4.57 Å². The smallest absolute Gasteiger partial charge is 0.259 e. The van der Waals surface area contributed by atoms with Gasteiger partial charge in [0.15, 0.2) is 12.4 Å². The molecular formula is C20H20N3O4+. The van der Waals surface area contributed by atoms with Crippen molar-refractivity contribution in [2.45, 2.75) is 19.8 Å². The molecule has 1 heterocycles. The molecule has 2 aromatic rings. The summed E-state index contributed by atoms with van der Waals surface area (Å²) in [5, 5.41) is 22.0. The van der Waals surface area contributed by atoms with Crippen LogP contribution in [0, 0.1) is 20.2 Å². The van der Waals surface area contributed by atoms with Crippen molar-refractivity contribution in [1.29, 1.82) is 0 Å². The molecule has 7 nitrogen and oxygen atoms in total. The molecule has 0 aliphatic rings. The van der Waals surface area contributed by atoms with Crippen molar-refractivity contribution in [2.75, 3.05) is 0 Å². The largest absolute Gasteiger partial charge is 0.336 e. The van der Waals surface area contributed by atoms with Crippen molar-refractivity contribution in [2.24, 2.45) is 0 Å². The van der Waals surface area contributed by atoms with E-state index in [9.17, 15) is 20.2 Å². The first-order valence-corrected chi connectivity index (χ1v) is 8.42. The first kappa shape index (κ1) is 19.7. The zero-order valence-electron chi connectivity index (χ0n) is 14.9. The summed E-state index contributed by atoms with van der Waals surface area (Å²) in [4.78, 5) is 20.9. The maximum Gasteiger partial charge on any atom is 0.336 e. The first-order chi connectivity index (χ1) is 13.0. The van der Waals surface area contributed by atoms with Crippen LogP contribution in [-0.2, 0) is 6.42 Å². The first-order valence-electron chi connectivity index (χ1n) is 8.42. The minimum absolute atomic E-state index is 0.104. The third-order valence-corrected chi connectivity index (χ3v) is 3.71. The quantitative estimate of drug-likeness (QED) is 0.308. The van der Waals surface area contributed by atoms with Crippen LogP contribution in [0.3, 0.4) is 0 Å². The van der Waals surface area contributed by atoms with Gasteiger partial charge in [0, 0.05) is 36.3 Å². The van der Waals surface area contributed by atoms with E-state index >= 15 is 0 Å². The highest BCUT2D eigenvalue weighted by molar-refractivity contribution is 5.54. The Kier molecular flexibility index (Phi) is 7.13. The summed E-state index contributed by atoms with van der Waals surface area (Å²) < 4.78 is 1.62. The van der Waals surface area contributed by atoms with Crippen molar-refractivity contribution in [1.82, 2.24) is 0 Å². The van der Waals surface area contributed by atoms with E-state index < -0.39 is 9.85 Å². The lowest BCUT2D eigenvalue weighted by Gasteiger charge is -2.03. The summed E-state index contributed by atoms with van der Waals surface area (Å²) in [6, 6.07) is 13.6. The van der Waals surface area contributed by atoms with Crippen molar-refractivity contribution in [3.05, 3.63) is 116 Å². The van der Waals surface area contributed by atoms with Gasteiger partial charge in [-0.15, -0.1) is 0 Å². The van der Waals surface area contributed by atoms with Crippen LogP contribution in [0.4, 0.5) is 0 Å². The minimum atomic E-state index is -0.611. The van der Waals surface area contributed by atoms with Gasteiger partial charge in [-0.05, 0) is 18.1 Å². The van der Waals surface area contributed by atoms with Gasteiger partial charge >= 0.3 is 5.70 Å². The van der Waals surface area contributed by atoms with Crippen LogP contribution in [0.2, 0.25) is 0 Å².